The van der Waals surface area contributed by atoms with Crippen LogP contribution in [0.25, 0.3) is 0 Å². The van der Waals surface area contributed by atoms with E-state index in [2.05, 4.69) is 246 Å². The standard InChI is InChI=1S/3C14H27N.C13H25N.C11H21N.C2H6/c2*1-12(2,3)11-10-8-14(10,7)9-15(11)13(4,5)6;1-12(2,3)10-8-14(7)9-11(14)15(10)13(4,5)6;1-12(2,3)11-10-7-9(10)8-14(11)13(4,5)6;1-8-6-11(5)7-9(11)12(8)10(2,3)4;1-2/h3*10-11H,8-9H2,1-7H3;9-11H,7-8H2,1-6H3;8-9H,6-7H2,1-5H3;1-2H3/t10-,11?,14+;;;9-,10-,11?;8-,9-,11+;/m0..11./s1. The zero-order valence-electron chi connectivity index (χ0n) is 56.2. The zero-order valence-corrected chi connectivity index (χ0v) is 56.2. The molecule has 15 atom stereocenters. The van der Waals surface area contributed by atoms with E-state index in [0.29, 0.717) is 71.0 Å². The van der Waals surface area contributed by atoms with Gasteiger partial charge < -0.3 is 0 Å². The predicted octanol–water partition coefficient (Wildman–Crippen LogP) is 17.6. The summed E-state index contributed by atoms with van der Waals surface area (Å²) < 4.78 is 0. The van der Waals surface area contributed by atoms with E-state index in [0.717, 1.165) is 66.0 Å². The van der Waals surface area contributed by atoms with Gasteiger partial charge in [0.15, 0.2) is 0 Å². The number of hydrogen-bond donors (Lipinski definition) is 0. The Labute approximate surface area is 459 Å². The van der Waals surface area contributed by atoms with Crippen LogP contribution < -0.4 is 0 Å². The van der Waals surface area contributed by atoms with Crippen LogP contribution in [-0.2, 0) is 0 Å². The molecule has 0 aromatic carbocycles. The first kappa shape index (κ1) is 63.6. The number of piperidine rings is 5. The first-order chi connectivity index (χ1) is 32.2. The lowest BCUT2D eigenvalue weighted by Gasteiger charge is -2.45. The van der Waals surface area contributed by atoms with E-state index in [1.807, 2.05) is 13.8 Å². The molecule has 0 aromatic rings. The molecule has 10 aliphatic rings. The van der Waals surface area contributed by atoms with Crippen LogP contribution in [0.5, 0.6) is 0 Å². The number of rotatable bonds is 0. The molecule has 0 radical (unpaired) electrons. The highest BCUT2D eigenvalue weighted by Crippen LogP contribution is 2.67. The third-order valence-corrected chi connectivity index (χ3v) is 20.8. The molecular weight excluding hydrogens is 887 g/mol. The third-order valence-electron chi connectivity index (χ3n) is 20.8. The highest BCUT2D eigenvalue weighted by atomic mass is 15.3. The molecule has 0 amide bonds. The molecule has 430 valence electrons. The average Bonchev–Trinajstić information content (AvgIpc) is 4.15. The van der Waals surface area contributed by atoms with Crippen molar-refractivity contribution in [2.45, 2.75) is 350 Å². The maximum atomic E-state index is 2.80. The maximum absolute atomic E-state index is 2.80. The van der Waals surface area contributed by atoms with Crippen molar-refractivity contribution >= 4 is 0 Å². The van der Waals surface area contributed by atoms with Crippen LogP contribution in [0.2, 0.25) is 0 Å². The van der Waals surface area contributed by atoms with Crippen molar-refractivity contribution in [1.82, 2.24) is 24.5 Å². The first-order valence-corrected chi connectivity index (χ1v) is 31.1. The monoisotopic (exact) mass is 1020 g/mol. The van der Waals surface area contributed by atoms with Gasteiger partial charge in [-0.25, -0.2) is 0 Å². The van der Waals surface area contributed by atoms with Crippen LogP contribution in [0, 0.1) is 67.0 Å². The molecule has 5 nitrogen and oxygen atoms in total. The van der Waals surface area contributed by atoms with Crippen molar-refractivity contribution in [3.05, 3.63) is 0 Å². The minimum absolute atomic E-state index is 0.328. The molecule has 0 N–H and O–H groups in total. The second kappa shape index (κ2) is 19.5. The largest absolute Gasteiger partial charge is 0.294 e. The number of nitrogens with zero attached hydrogens (tertiary/aromatic N) is 5. The van der Waals surface area contributed by atoms with Gasteiger partial charge in [0.25, 0.3) is 0 Å². The van der Waals surface area contributed by atoms with E-state index in [-0.39, 0.29) is 0 Å². The van der Waals surface area contributed by atoms with Crippen LogP contribution in [0.3, 0.4) is 0 Å². The van der Waals surface area contributed by atoms with Crippen molar-refractivity contribution in [3.63, 3.8) is 0 Å². The van der Waals surface area contributed by atoms with E-state index >= 15 is 0 Å². The highest BCUT2D eigenvalue weighted by molar-refractivity contribution is 5.21. The molecule has 0 bridgehead atoms. The van der Waals surface area contributed by atoms with Gasteiger partial charge in [-0.15, -0.1) is 0 Å². The van der Waals surface area contributed by atoms with Crippen LogP contribution in [-0.4, -0.2) is 114 Å². The molecule has 5 heterocycles. The Bertz CT molecular complexity index is 1730. The van der Waals surface area contributed by atoms with Gasteiger partial charge in [0.05, 0.1) is 0 Å². The lowest BCUT2D eigenvalue weighted by molar-refractivity contribution is 0.0354. The Kier molecular flexibility index (Phi) is 17.0. The Balaban J connectivity index is 0.000000168. The van der Waals surface area contributed by atoms with Gasteiger partial charge in [0, 0.05) is 89.6 Å². The summed E-state index contributed by atoms with van der Waals surface area (Å²) in [4.78, 5) is 13.8. The van der Waals surface area contributed by atoms with Crippen LogP contribution >= 0.6 is 0 Å². The number of hydrogen-bond acceptors (Lipinski definition) is 5. The summed E-state index contributed by atoms with van der Waals surface area (Å²) in [7, 11) is 0. The molecule has 8 unspecified atom stereocenters. The fourth-order valence-electron chi connectivity index (χ4n) is 17.1. The van der Waals surface area contributed by atoms with Gasteiger partial charge in [-0.05, 0) is 223 Å². The van der Waals surface area contributed by atoms with Gasteiger partial charge >= 0.3 is 0 Å². The summed E-state index contributed by atoms with van der Waals surface area (Å²) in [5.41, 5.74) is 6.04. The Morgan fingerprint density at radius 3 is 0.932 bits per heavy atom. The Morgan fingerprint density at radius 1 is 0.356 bits per heavy atom. The lowest BCUT2D eigenvalue weighted by Crippen LogP contribution is -2.51. The summed E-state index contributed by atoms with van der Waals surface area (Å²) in [6.07, 6.45) is 10.1. The van der Waals surface area contributed by atoms with Gasteiger partial charge in [0.1, 0.15) is 0 Å². The molecule has 10 rings (SSSR count). The molecule has 0 aromatic heterocycles. The number of fused-ring (bicyclic) bond motifs is 5. The van der Waals surface area contributed by atoms with Gasteiger partial charge in [-0.3, -0.25) is 24.5 Å². The Hall–Kier alpha value is -0.200. The van der Waals surface area contributed by atoms with Gasteiger partial charge in [-0.2, -0.15) is 0 Å². The second-order valence-electron chi connectivity index (χ2n) is 37.5. The first-order valence-electron chi connectivity index (χ1n) is 31.1. The fourth-order valence-corrected chi connectivity index (χ4v) is 17.1. The fraction of sp³-hybridized carbons (Fsp3) is 1.00. The minimum Gasteiger partial charge on any atom is -0.294 e. The SMILES string of the molecule is CC.CC(C)(C)C1C2CC2(C)CN1C(C)(C)C.CC(C)(C)C1CC2(C)CC2N1C(C)(C)C.CC(C)(C)C1[C@@H]2C[C@@H]2CN1C(C)(C)C.CC(C)(C)C1[C@@H]2C[C@]2(C)CN1C(C)(C)C.C[C@@H]1C[C@@]2(C)C[C@H]2N1C(C)(C)C. The van der Waals surface area contributed by atoms with Crippen molar-refractivity contribution < 1.29 is 0 Å². The molecule has 10 fully saturated rings. The van der Waals surface area contributed by atoms with E-state index < -0.39 is 0 Å². The van der Waals surface area contributed by atoms with Crippen LogP contribution in [0.1, 0.15) is 280 Å². The van der Waals surface area contributed by atoms with E-state index in [9.17, 15) is 0 Å². The van der Waals surface area contributed by atoms with Crippen molar-refractivity contribution in [1.29, 1.82) is 0 Å². The van der Waals surface area contributed by atoms with Crippen molar-refractivity contribution in [2.24, 2.45) is 67.0 Å². The molecule has 5 heteroatoms. The van der Waals surface area contributed by atoms with Gasteiger partial charge in [0.2, 0.25) is 0 Å². The van der Waals surface area contributed by atoms with Gasteiger partial charge in [-0.1, -0.05) is 125 Å². The molecule has 5 saturated carbocycles. The van der Waals surface area contributed by atoms with Crippen molar-refractivity contribution in [3.8, 4) is 0 Å². The van der Waals surface area contributed by atoms with Crippen molar-refractivity contribution in [2.75, 3.05) is 19.6 Å². The quantitative estimate of drug-likeness (QED) is 0.240. The molecule has 5 aliphatic carbocycles. The molecule has 5 saturated heterocycles. The molecule has 0 spiro atoms. The molecule has 5 aliphatic heterocycles. The summed E-state index contributed by atoms with van der Waals surface area (Å²) in [5, 5.41) is 0. The van der Waals surface area contributed by atoms with E-state index in [4.69, 9.17) is 0 Å². The van der Waals surface area contributed by atoms with E-state index in [1.165, 1.54) is 64.6 Å². The second-order valence-corrected chi connectivity index (χ2v) is 37.5. The molecular formula is C68H133N5. The lowest BCUT2D eigenvalue weighted by atomic mass is 9.81. The topological polar surface area (TPSA) is 16.2 Å². The minimum atomic E-state index is 0.328. The van der Waals surface area contributed by atoms with Crippen LogP contribution in [0.15, 0.2) is 0 Å². The Morgan fingerprint density at radius 2 is 0.699 bits per heavy atom. The summed E-state index contributed by atoms with van der Waals surface area (Å²) in [5.74, 6) is 3.95. The summed E-state index contributed by atoms with van der Waals surface area (Å²) >= 11 is 0. The zero-order chi connectivity index (χ0) is 56.8. The predicted molar refractivity (Wildman–Crippen MR) is 323 cm³/mol. The summed E-state index contributed by atoms with van der Waals surface area (Å²) in [6, 6.07) is 5.70. The summed E-state index contributed by atoms with van der Waals surface area (Å²) in [6.45, 7) is 84.4. The number of likely N-dealkylation sites (tertiary alicyclic amines) is 5. The van der Waals surface area contributed by atoms with Crippen LogP contribution in [0.4, 0.5) is 0 Å². The van der Waals surface area contributed by atoms with E-state index in [1.54, 1.807) is 0 Å². The highest BCUT2D eigenvalue weighted by Gasteiger charge is 2.68. The normalized spacial score (nSPS) is 41.1. The third kappa shape index (κ3) is 13.7. The maximum Gasteiger partial charge on any atom is 0.0183 e. The molecule has 73 heavy (non-hydrogen) atoms. The average molecular weight is 1020 g/mol. The smallest absolute Gasteiger partial charge is 0.0183 e.